The number of rotatable bonds is 7. The fraction of sp³-hybridized carbons (Fsp3) is 0.500. The number of nitrogens with one attached hydrogen (secondary N) is 1. The van der Waals surface area contributed by atoms with Crippen molar-refractivity contribution in [1.29, 1.82) is 0 Å². The number of allylic oxidation sites excluding steroid dienone is 2. The van der Waals surface area contributed by atoms with E-state index in [2.05, 4.69) is 22.2 Å². The maximum absolute atomic E-state index is 12.1. The molecule has 2 bridgehead atoms. The highest BCUT2D eigenvalue weighted by Crippen LogP contribution is 2.42. The Bertz CT molecular complexity index is 643. The van der Waals surface area contributed by atoms with Gasteiger partial charge in [0.2, 0.25) is 10.0 Å². The average molecular weight is 342 g/mol. The van der Waals surface area contributed by atoms with Crippen molar-refractivity contribution in [3.8, 4) is 0 Å². The standard InChI is InChI=1S/C16H21ClN2O2S/c17-15-3-5-16(6-4-15)22(20,21)19-8-7-18-11-14-10-12-1-2-13(14)9-12/h1-6,12-14,18-19H,7-11H2/p+1/t12-,13+,14+/m1/s1. The van der Waals surface area contributed by atoms with Crippen LogP contribution in [0.15, 0.2) is 41.3 Å². The van der Waals surface area contributed by atoms with Crippen LogP contribution in [-0.2, 0) is 10.0 Å². The molecule has 4 nitrogen and oxygen atoms in total. The number of sulfonamides is 1. The maximum Gasteiger partial charge on any atom is 0.240 e. The lowest BCUT2D eigenvalue weighted by Crippen LogP contribution is -2.87. The van der Waals surface area contributed by atoms with Crippen molar-refractivity contribution >= 4 is 21.6 Å². The number of quaternary nitrogens is 1. The first-order valence-electron chi connectivity index (χ1n) is 7.80. The highest BCUT2D eigenvalue weighted by molar-refractivity contribution is 7.89. The lowest BCUT2D eigenvalue weighted by molar-refractivity contribution is -0.659. The lowest BCUT2D eigenvalue weighted by atomic mass is 9.94. The number of hydrogen-bond acceptors (Lipinski definition) is 2. The van der Waals surface area contributed by atoms with Crippen molar-refractivity contribution in [3.63, 3.8) is 0 Å². The van der Waals surface area contributed by atoms with Crippen molar-refractivity contribution in [2.75, 3.05) is 19.6 Å². The van der Waals surface area contributed by atoms with Crippen molar-refractivity contribution < 1.29 is 13.7 Å². The largest absolute Gasteiger partial charge is 0.345 e. The quantitative estimate of drug-likeness (QED) is 0.581. The Morgan fingerprint density at radius 2 is 1.95 bits per heavy atom. The molecule has 0 saturated heterocycles. The highest BCUT2D eigenvalue weighted by atomic mass is 35.5. The molecular formula is C16H22ClN2O2S+. The molecule has 0 aromatic heterocycles. The Kier molecular flexibility index (Phi) is 4.88. The van der Waals surface area contributed by atoms with Gasteiger partial charge in [-0.1, -0.05) is 23.8 Å². The van der Waals surface area contributed by atoms with Gasteiger partial charge in [0.25, 0.3) is 0 Å². The molecule has 120 valence electrons. The Morgan fingerprint density at radius 3 is 2.59 bits per heavy atom. The monoisotopic (exact) mass is 341 g/mol. The molecule has 1 aromatic carbocycles. The molecule has 0 spiro atoms. The maximum atomic E-state index is 12.1. The number of hydrogen-bond donors (Lipinski definition) is 2. The van der Waals surface area contributed by atoms with Gasteiger partial charge in [-0.05, 0) is 48.9 Å². The molecule has 1 saturated carbocycles. The second-order valence-electron chi connectivity index (χ2n) is 6.21. The smallest absolute Gasteiger partial charge is 0.240 e. The molecule has 1 fully saturated rings. The Hall–Kier alpha value is -0.880. The molecule has 0 aliphatic heterocycles. The summed E-state index contributed by atoms with van der Waals surface area (Å²) in [5.74, 6) is 2.32. The topological polar surface area (TPSA) is 62.8 Å². The Balaban J connectivity index is 1.39. The molecule has 2 aliphatic rings. The number of benzene rings is 1. The first-order valence-corrected chi connectivity index (χ1v) is 9.66. The van der Waals surface area contributed by atoms with Gasteiger partial charge in [0.1, 0.15) is 0 Å². The van der Waals surface area contributed by atoms with Crippen LogP contribution in [0, 0.1) is 17.8 Å². The van der Waals surface area contributed by atoms with Gasteiger partial charge in [-0.3, -0.25) is 0 Å². The molecule has 0 heterocycles. The van der Waals surface area contributed by atoms with E-state index in [-0.39, 0.29) is 4.90 Å². The molecule has 0 radical (unpaired) electrons. The summed E-state index contributed by atoms with van der Waals surface area (Å²) < 4.78 is 26.8. The van der Waals surface area contributed by atoms with E-state index in [1.165, 1.54) is 25.0 Å². The van der Waals surface area contributed by atoms with Crippen molar-refractivity contribution in [1.82, 2.24) is 4.72 Å². The van der Waals surface area contributed by atoms with Gasteiger partial charge in [0, 0.05) is 10.9 Å². The van der Waals surface area contributed by atoms with E-state index in [0.717, 1.165) is 30.8 Å². The van der Waals surface area contributed by atoms with Crippen molar-refractivity contribution in [2.45, 2.75) is 17.7 Å². The van der Waals surface area contributed by atoms with Crippen LogP contribution in [-0.4, -0.2) is 28.1 Å². The predicted molar refractivity (Wildman–Crippen MR) is 87.1 cm³/mol. The third-order valence-electron chi connectivity index (χ3n) is 4.65. The fourth-order valence-electron chi connectivity index (χ4n) is 3.49. The van der Waals surface area contributed by atoms with Crippen molar-refractivity contribution in [2.24, 2.45) is 17.8 Å². The molecule has 3 rings (SSSR count). The predicted octanol–water partition coefficient (Wildman–Crippen LogP) is 1.39. The number of fused-ring (bicyclic) bond motifs is 2. The summed E-state index contributed by atoms with van der Waals surface area (Å²) >= 11 is 5.77. The summed E-state index contributed by atoms with van der Waals surface area (Å²) in [6, 6.07) is 6.22. The third-order valence-corrected chi connectivity index (χ3v) is 6.38. The van der Waals surface area contributed by atoms with Crippen LogP contribution in [0.1, 0.15) is 12.8 Å². The molecular weight excluding hydrogens is 320 g/mol. The molecule has 2 aliphatic carbocycles. The van der Waals surface area contributed by atoms with Crippen LogP contribution in [0.4, 0.5) is 0 Å². The lowest BCUT2D eigenvalue weighted by Gasteiger charge is -2.16. The number of nitrogens with two attached hydrogens (primary N) is 1. The van der Waals surface area contributed by atoms with E-state index in [0.29, 0.717) is 11.6 Å². The SMILES string of the molecule is O=S(=O)(NCC[NH2+]C[C@@H]1C[C@@H]2C=C[C@H]1C2)c1ccc(Cl)cc1. The van der Waals surface area contributed by atoms with Gasteiger partial charge in [-0.2, -0.15) is 0 Å². The van der Waals surface area contributed by atoms with Crippen LogP contribution in [0.5, 0.6) is 0 Å². The summed E-state index contributed by atoms with van der Waals surface area (Å²) in [5.41, 5.74) is 0. The summed E-state index contributed by atoms with van der Waals surface area (Å²) in [6.07, 6.45) is 7.33. The van der Waals surface area contributed by atoms with E-state index in [1.54, 1.807) is 12.1 Å². The van der Waals surface area contributed by atoms with Crippen LogP contribution < -0.4 is 10.0 Å². The summed E-state index contributed by atoms with van der Waals surface area (Å²) in [5, 5.41) is 2.76. The Morgan fingerprint density at radius 1 is 1.18 bits per heavy atom. The fourth-order valence-corrected chi connectivity index (χ4v) is 4.66. The minimum absolute atomic E-state index is 0.259. The van der Waals surface area contributed by atoms with E-state index in [1.807, 2.05) is 0 Å². The van der Waals surface area contributed by atoms with E-state index in [9.17, 15) is 8.42 Å². The number of halogens is 1. The van der Waals surface area contributed by atoms with Gasteiger partial charge >= 0.3 is 0 Å². The Labute approximate surface area is 137 Å². The summed E-state index contributed by atoms with van der Waals surface area (Å²) in [7, 11) is -3.42. The zero-order valence-electron chi connectivity index (χ0n) is 12.4. The van der Waals surface area contributed by atoms with E-state index in [4.69, 9.17) is 11.6 Å². The second-order valence-corrected chi connectivity index (χ2v) is 8.41. The van der Waals surface area contributed by atoms with Crippen LogP contribution in [0.2, 0.25) is 5.02 Å². The molecule has 6 heteroatoms. The van der Waals surface area contributed by atoms with Gasteiger partial charge in [-0.25, -0.2) is 13.1 Å². The van der Waals surface area contributed by atoms with E-state index < -0.39 is 10.0 Å². The molecule has 3 N–H and O–H groups in total. The second kappa shape index (κ2) is 6.71. The first-order chi connectivity index (χ1) is 10.5. The van der Waals surface area contributed by atoms with Gasteiger partial charge in [-0.15, -0.1) is 0 Å². The summed E-state index contributed by atoms with van der Waals surface area (Å²) in [4.78, 5) is 0.259. The molecule has 22 heavy (non-hydrogen) atoms. The zero-order chi connectivity index (χ0) is 15.6. The summed E-state index contributed by atoms with van der Waals surface area (Å²) in [6.45, 7) is 2.31. The first kappa shape index (κ1) is 16.0. The molecule has 1 aromatic rings. The average Bonchev–Trinajstić information content (AvgIpc) is 3.10. The van der Waals surface area contributed by atoms with Gasteiger partial charge in [0.15, 0.2) is 0 Å². The zero-order valence-corrected chi connectivity index (χ0v) is 14.0. The minimum atomic E-state index is -3.42. The highest BCUT2D eigenvalue weighted by Gasteiger charge is 2.36. The van der Waals surface area contributed by atoms with Gasteiger partial charge < -0.3 is 5.32 Å². The normalized spacial score (nSPS) is 26.7. The molecule has 0 unspecified atom stereocenters. The minimum Gasteiger partial charge on any atom is -0.345 e. The van der Waals surface area contributed by atoms with Crippen LogP contribution in [0.25, 0.3) is 0 Å². The van der Waals surface area contributed by atoms with Gasteiger partial charge in [0.05, 0.1) is 24.5 Å². The third kappa shape index (κ3) is 3.71. The molecule has 3 atom stereocenters. The molecule has 0 amide bonds. The van der Waals surface area contributed by atoms with Crippen LogP contribution in [0.3, 0.4) is 0 Å². The van der Waals surface area contributed by atoms with Crippen molar-refractivity contribution in [3.05, 3.63) is 41.4 Å². The van der Waals surface area contributed by atoms with Crippen LogP contribution >= 0.6 is 11.6 Å². The van der Waals surface area contributed by atoms with E-state index >= 15 is 0 Å².